The van der Waals surface area contributed by atoms with Crippen LogP contribution in [0, 0.1) is 12.8 Å². The minimum absolute atomic E-state index is 0.0559. The summed E-state index contributed by atoms with van der Waals surface area (Å²) in [7, 11) is 0. The van der Waals surface area contributed by atoms with Crippen molar-refractivity contribution < 1.29 is 9.53 Å². The van der Waals surface area contributed by atoms with Gasteiger partial charge >= 0.3 is 0 Å². The number of aryl methyl sites for hydroxylation is 1. The molecule has 26 heavy (non-hydrogen) atoms. The second-order valence-corrected chi connectivity index (χ2v) is 8.14. The molecule has 0 radical (unpaired) electrons. The second kappa shape index (κ2) is 8.84. The molecule has 3 rings (SSSR count). The van der Waals surface area contributed by atoms with Crippen LogP contribution in [-0.2, 0) is 11.3 Å². The maximum absolute atomic E-state index is 12.1. The van der Waals surface area contributed by atoms with E-state index < -0.39 is 0 Å². The summed E-state index contributed by atoms with van der Waals surface area (Å²) in [5.74, 6) is 1.15. The number of carbonyl (C=O) groups is 1. The Morgan fingerprint density at radius 1 is 1.50 bits per heavy atom. The molecule has 2 heterocycles. The van der Waals surface area contributed by atoms with Crippen LogP contribution in [0.2, 0.25) is 5.02 Å². The molecule has 5 nitrogen and oxygen atoms in total. The number of aromatic nitrogens is 1. The van der Waals surface area contributed by atoms with Gasteiger partial charge in [-0.3, -0.25) is 15.0 Å². The number of nitrogens with zero attached hydrogens (tertiary/aromatic N) is 2. The number of thiazole rings is 1. The van der Waals surface area contributed by atoms with Crippen molar-refractivity contribution >= 4 is 34.0 Å². The van der Waals surface area contributed by atoms with Crippen LogP contribution in [0.3, 0.4) is 0 Å². The summed E-state index contributed by atoms with van der Waals surface area (Å²) in [6.07, 6.45) is 2.55. The van der Waals surface area contributed by atoms with Crippen LogP contribution in [0.25, 0.3) is 0 Å². The zero-order chi connectivity index (χ0) is 18.5. The highest BCUT2D eigenvalue weighted by Gasteiger charge is 2.17. The molecule has 0 unspecified atom stereocenters. The van der Waals surface area contributed by atoms with E-state index in [0.717, 1.165) is 36.8 Å². The van der Waals surface area contributed by atoms with E-state index in [-0.39, 0.29) is 12.5 Å². The van der Waals surface area contributed by atoms with E-state index in [0.29, 0.717) is 15.9 Å². The summed E-state index contributed by atoms with van der Waals surface area (Å²) < 4.78 is 5.51. The molecule has 1 fully saturated rings. The number of likely N-dealkylation sites (tertiary alicyclic amines) is 1. The fourth-order valence-electron chi connectivity index (χ4n) is 3.11. The number of piperidine rings is 1. The van der Waals surface area contributed by atoms with E-state index in [1.807, 2.05) is 18.4 Å². The molecule has 1 saturated heterocycles. The first kappa shape index (κ1) is 19.1. The average Bonchev–Trinajstić information content (AvgIpc) is 3.03. The number of hydrogen-bond acceptors (Lipinski definition) is 5. The Hall–Kier alpha value is -1.63. The molecule has 1 amide bonds. The molecular formula is C19H24ClN3O2S. The van der Waals surface area contributed by atoms with Crippen molar-refractivity contribution in [1.29, 1.82) is 0 Å². The molecule has 7 heteroatoms. The third kappa shape index (κ3) is 5.43. The molecule has 1 aromatic carbocycles. The number of anilines is 1. The summed E-state index contributed by atoms with van der Waals surface area (Å²) in [5.41, 5.74) is 1.93. The van der Waals surface area contributed by atoms with Crippen LogP contribution in [0.5, 0.6) is 5.75 Å². The maximum Gasteiger partial charge on any atom is 0.264 e. The first-order chi connectivity index (χ1) is 12.5. The van der Waals surface area contributed by atoms with Crippen molar-refractivity contribution in [3.63, 3.8) is 0 Å². The molecule has 140 valence electrons. The largest absolute Gasteiger partial charge is 0.484 e. The summed E-state index contributed by atoms with van der Waals surface area (Å²) in [5, 5.41) is 6.11. The van der Waals surface area contributed by atoms with Crippen LogP contribution in [-0.4, -0.2) is 35.5 Å². The molecule has 1 N–H and O–H groups in total. The van der Waals surface area contributed by atoms with Gasteiger partial charge in [-0.1, -0.05) is 18.5 Å². The van der Waals surface area contributed by atoms with Crippen LogP contribution >= 0.6 is 22.9 Å². The lowest BCUT2D eigenvalue weighted by molar-refractivity contribution is -0.118. The van der Waals surface area contributed by atoms with Gasteiger partial charge in [0.25, 0.3) is 5.91 Å². The topological polar surface area (TPSA) is 54.5 Å². The number of nitrogens with one attached hydrogen (secondary N) is 1. The highest BCUT2D eigenvalue weighted by molar-refractivity contribution is 7.13. The first-order valence-electron chi connectivity index (χ1n) is 8.85. The normalized spacial score (nSPS) is 17.9. The molecule has 2 aromatic rings. The number of ether oxygens (including phenoxy) is 1. The summed E-state index contributed by atoms with van der Waals surface area (Å²) in [6, 6.07) is 5.33. The van der Waals surface area contributed by atoms with Crippen LogP contribution in [0.1, 0.15) is 31.0 Å². The van der Waals surface area contributed by atoms with Crippen molar-refractivity contribution in [2.24, 2.45) is 5.92 Å². The summed E-state index contributed by atoms with van der Waals surface area (Å²) >= 11 is 7.44. The number of rotatable bonds is 6. The monoisotopic (exact) mass is 393 g/mol. The van der Waals surface area contributed by atoms with Crippen LogP contribution in [0.15, 0.2) is 23.6 Å². The lowest BCUT2D eigenvalue weighted by Gasteiger charge is -2.30. The fraction of sp³-hybridized carbons (Fsp3) is 0.474. The van der Waals surface area contributed by atoms with Gasteiger partial charge in [-0.2, -0.15) is 0 Å². The second-order valence-electron chi connectivity index (χ2n) is 6.87. The van der Waals surface area contributed by atoms with Crippen molar-refractivity contribution in [2.75, 3.05) is 25.0 Å². The first-order valence-corrected chi connectivity index (χ1v) is 10.1. The van der Waals surface area contributed by atoms with Gasteiger partial charge in [0.15, 0.2) is 11.7 Å². The number of halogens is 1. The fourth-order valence-corrected chi connectivity index (χ4v) is 3.94. The van der Waals surface area contributed by atoms with E-state index in [1.165, 1.54) is 24.2 Å². The van der Waals surface area contributed by atoms with Crippen molar-refractivity contribution in [3.05, 3.63) is 39.9 Å². The molecular weight excluding hydrogens is 370 g/mol. The maximum atomic E-state index is 12.1. The highest BCUT2D eigenvalue weighted by atomic mass is 35.5. The van der Waals surface area contributed by atoms with Crippen molar-refractivity contribution in [1.82, 2.24) is 9.88 Å². The molecule has 1 aliphatic heterocycles. The molecule has 0 aliphatic carbocycles. The number of amides is 1. The van der Waals surface area contributed by atoms with Gasteiger partial charge in [0.2, 0.25) is 0 Å². The summed E-state index contributed by atoms with van der Waals surface area (Å²) in [4.78, 5) is 19.0. The Balaban J connectivity index is 1.47. The van der Waals surface area contributed by atoms with Crippen molar-refractivity contribution in [2.45, 2.75) is 33.2 Å². The van der Waals surface area contributed by atoms with E-state index in [4.69, 9.17) is 16.3 Å². The minimum atomic E-state index is -0.218. The lowest BCUT2D eigenvalue weighted by atomic mass is 10.0. The molecule has 0 saturated carbocycles. The zero-order valence-electron chi connectivity index (χ0n) is 15.1. The third-order valence-electron chi connectivity index (χ3n) is 4.42. The summed E-state index contributed by atoms with van der Waals surface area (Å²) in [6.45, 7) is 7.22. The molecule has 1 atom stereocenters. The molecule has 1 aliphatic rings. The van der Waals surface area contributed by atoms with E-state index >= 15 is 0 Å². The SMILES string of the molecule is Cc1cc(OCC(=O)Nc2nc(CN3CCC[C@H](C)C3)cs2)ccc1Cl. The predicted octanol–water partition coefficient (Wildman–Crippen LogP) is 4.35. The van der Waals surface area contributed by atoms with Gasteiger partial charge in [0.1, 0.15) is 5.75 Å². The Morgan fingerprint density at radius 3 is 3.12 bits per heavy atom. The Morgan fingerprint density at radius 2 is 2.35 bits per heavy atom. The highest BCUT2D eigenvalue weighted by Crippen LogP contribution is 2.22. The van der Waals surface area contributed by atoms with Gasteiger partial charge < -0.3 is 4.74 Å². The Kier molecular flexibility index (Phi) is 6.51. The van der Waals surface area contributed by atoms with Gasteiger partial charge in [-0.25, -0.2) is 4.98 Å². The zero-order valence-corrected chi connectivity index (χ0v) is 16.7. The van der Waals surface area contributed by atoms with Gasteiger partial charge in [-0.15, -0.1) is 11.3 Å². The smallest absolute Gasteiger partial charge is 0.264 e. The van der Waals surface area contributed by atoms with E-state index in [2.05, 4.69) is 22.1 Å². The predicted molar refractivity (Wildman–Crippen MR) is 106 cm³/mol. The Labute approximate surface area is 163 Å². The van der Waals surface area contributed by atoms with Gasteiger partial charge in [-0.05, 0) is 56.0 Å². The minimum Gasteiger partial charge on any atom is -0.484 e. The lowest BCUT2D eigenvalue weighted by Crippen LogP contribution is -2.33. The quantitative estimate of drug-likeness (QED) is 0.792. The average molecular weight is 394 g/mol. The van der Waals surface area contributed by atoms with Crippen LogP contribution in [0.4, 0.5) is 5.13 Å². The van der Waals surface area contributed by atoms with Crippen molar-refractivity contribution in [3.8, 4) is 5.75 Å². The number of benzene rings is 1. The standard InChI is InChI=1S/C19H24ClN3O2S/c1-13-4-3-7-23(9-13)10-15-12-26-19(21-15)22-18(24)11-25-16-5-6-17(20)14(2)8-16/h5-6,8,12-13H,3-4,7,9-11H2,1-2H3,(H,21,22,24)/t13-/m0/s1. The molecule has 1 aromatic heterocycles. The van der Waals surface area contributed by atoms with Gasteiger partial charge in [0, 0.05) is 23.5 Å². The van der Waals surface area contributed by atoms with E-state index in [9.17, 15) is 4.79 Å². The Bertz CT molecular complexity index is 765. The number of carbonyl (C=O) groups excluding carboxylic acids is 1. The number of hydrogen-bond donors (Lipinski definition) is 1. The third-order valence-corrected chi connectivity index (χ3v) is 5.65. The van der Waals surface area contributed by atoms with E-state index in [1.54, 1.807) is 12.1 Å². The molecule has 0 spiro atoms. The van der Waals surface area contributed by atoms with Gasteiger partial charge in [0.05, 0.1) is 5.69 Å². The molecule has 0 bridgehead atoms. The van der Waals surface area contributed by atoms with Crippen LogP contribution < -0.4 is 10.1 Å².